The first-order valence-corrected chi connectivity index (χ1v) is 5.25. The van der Waals surface area contributed by atoms with Crippen LogP contribution in [0.5, 0.6) is 0 Å². The van der Waals surface area contributed by atoms with E-state index in [2.05, 4.69) is 9.97 Å². The van der Waals surface area contributed by atoms with E-state index in [4.69, 9.17) is 0 Å². The minimum absolute atomic E-state index is 0.247. The van der Waals surface area contributed by atoms with Gasteiger partial charge in [0.1, 0.15) is 12.1 Å². The molecule has 1 heterocycles. The molecule has 1 aromatic heterocycles. The van der Waals surface area contributed by atoms with Crippen LogP contribution in [0.25, 0.3) is 11.3 Å². The zero-order valence-corrected chi connectivity index (χ0v) is 9.31. The lowest BCUT2D eigenvalue weighted by molar-refractivity contribution is 0.630. The molecule has 0 saturated heterocycles. The fourth-order valence-corrected chi connectivity index (χ4v) is 1.64. The van der Waals surface area contributed by atoms with Gasteiger partial charge in [0.2, 0.25) is 0 Å². The molecule has 0 atom stereocenters. The van der Waals surface area contributed by atoms with Gasteiger partial charge >= 0.3 is 0 Å². The van der Waals surface area contributed by atoms with Gasteiger partial charge < -0.3 is 0 Å². The highest BCUT2D eigenvalue weighted by Gasteiger charge is 2.12. The van der Waals surface area contributed by atoms with Crippen molar-refractivity contribution in [3.8, 4) is 11.3 Å². The van der Waals surface area contributed by atoms with E-state index < -0.39 is 0 Å². The molecule has 0 radical (unpaired) electrons. The van der Waals surface area contributed by atoms with Crippen molar-refractivity contribution in [1.29, 1.82) is 0 Å². The molecule has 0 aliphatic rings. The monoisotopic (exact) mass is 216 g/mol. The molecule has 0 saturated carbocycles. The maximum absolute atomic E-state index is 13.7. The Bertz CT molecular complexity index is 495. The SMILES string of the molecule is CC(C)c1cncnc1-c1ccccc1F. The van der Waals surface area contributed by atoms with E-state index in [1.807, 2.05) is 19.9 Å². The second-order valence-electron chi connectivity index (χ2n) is 3.96. The topological polar surface area (TPSA) is 25.8 Å². The van der Waals surface area contributed by atoms with Crippen molar-refractivity contribution >= 4 is 0 Å². The van der Waals surface area contributed by atoms with E-state index >= 15 is 0 Å². The predicted molar refractivity (Wildman–Crippen MR) is 61.5 cm³/mol. The van der Waals surface area contributed by atoms with E-state index in [0.29, 0.717) is 11.3 Å². The molecule has 0 N–H and O–H groups in total. The first kappa shape index (κ1) is 10.7. The molecule has 16 heavy (non-hydrogen) atoms. The Kier molecular flexibility index (Phi) is 2.95. The third-order valence-corrected chi connectivity index (χ3v) is 2.49. The average molecular weight is 216 g/mol. The minimum atomic E-state index is -0.247. The zero-order valence-electron chi connectivity index (χ0n) is 9.31. The number of nitrogens with zero attached hydrogens (tertiary/aromatic N) is 2. The fraction of sp³-hybridized carbons (Fsp3) is 0.231. The van der Waals surface area contributed by atoms with Crippen LogP contribution in [0.3, 0.4) is 0 Å². The maximum atomic E-state index is 13.7. The Balaban J connectivity index is 2.60. The van der Waals surface area contributed by atoms with Gasteiger partial charge in [0.15, 0.2) is 0 Å². The first-order chi connectivity index (χ1) is 7.70. The van der Waals surface area contributed by atoms with Crippen LogP contribution in [0.1, 0.15) is 25.3 Å². The molecular formula is C13H13FN2. The summed E-state index contributed by atoms with van der Waals surface area (Å²) in [7, 11) is 0. The number of hydrogen-bond acceptors (Lipinski definition) is 2. The van der Waals surface area contributed by atoms with E-state index in [0.717, 1.165) is 5.56 Å². The standard InChI is InChI=1S/C13H13FN2/c1-9(2)11-7-15-8-16-13(11)10-5-3-4-6-12(10)14/h3-9H,1-2H3. The molecule has 2 rings (SSSR count). The molecule has 0 amide bonds. The molecule has 0 unspecified atom stereocenters. The molecule has 1 aromatic carbocycles. The van der Waals surface area contributed by atoms with Crippen LogP contribution in [0, 0.1) is 5.82 Å². The number of hydrogen-bond donors (Lipinski definition) is 0. The summed E-state index contributed by atoms with van der Waals surface area (Å²) in [5.74, 6) is 0.0268. The maximum Gasteiger partial charge on any atom is 0.132 e. The van der Waals surface area contributed by atoms with Crippen LogP contribution in [0.4, 0.5) is 4.39 Å². The minimum Gasteiger partial charge on any atom is -0.244 e. The Morgan fingerprint density at radius 1 is 1.19 bits per heavy atom. The lowest BCUT2D eigenvalue weighted by atomic mass is 9.98. The normalized spacial score (nSPS) is 10.8. The van der Waals surface area contributed by atoms with Crippen LogP contribution in [0.15, 0.2) is 36.8 Å². The van der Waals surface area contributed by atoms with Crippen molar-refractivity contribution < 1.29 is 4.39 Å². The van der Waals surface area contributed by atoms with Crippen molar-refractivity contribution in [3.63, 3.8) is 0 Å². The van der Waals surface area contributed by atoms with Gasteiger partial charge in [-0.1, -0.05) is 26.0 Å². The highest BCUT2D eigenvalue weighted by Crippen LogP contribution is 2.27. The van der Waals surface area contributed by atoms with E-state index in [-0.39, 0.29) is 11.7 Å². The lowest BCUT2D eigenvalue weighted by Gasteiger charge is -2.11. The third-order valence-electron chi connectivity index (χ3n) is 2.49. The Labute approximate surface area is 94.2 Å². The third kappa shape index (κ3) is 1.94. The summed E-state index contributed by atoms with van der Waals surface area (Å²) < 4.78 is 13.7. The van der Waals surface area contributed by atoms with Crippen molar-refractivity contribution in [3.05, 3.63) is 48.2 Å². The highest BCUT2D eigenvalue weighted by molar-refractivity contribution is 5.63. The van der Waals surface area contributed by atoms with E-state index in [1.165, 1.54) is 12.4 Å². The van der Waals surface area contributed by atoms with Gasteiger partial charge in [-0.15, -0.1) is 0 Å². The van der Waals surface area contributed by atoms with Crippen molar-refractivity contribution in [2.75, 3.05) is 0 Å². The molecule has 0 aliphatic heterocycles. The highest BCUT2D eigenvalue weighted by atomic mass is 19.1. The summed E-state index contributed by atoms with van der Waals surface area (Å²) in [5, 5.41) is 0. The van der Waals surface area contributed by atoms with Crippen molar-refractivity contribution in [2.24, 2.45) is 0 Å². The van der Waals surface area contributed by atoms with Gasteiger partial charge in [-0.05, 0) is 23.6 Å². The molecule has 3 heteroatoms. The first-order valence-electron chi connectivity index (χ1n) is 5.25. The largest absolute Gasteiger partial charge is 0.244 e. The quantitative estimate of drug-likeness (QED) is 0.768. The molecule has 82 valence electrons. The second-order valence-corrected chi connectivity index (χ2v) is 3.96. The summed E-state index contributed by atoms with van der Waals surface area (Å²) in [5.41, 5.74) is 2.18. The van der Waals surface area contributed by atoms with Gasteiger partial charge in [-0.25, -0.2) is 14.4 Å². The van der Waals surface area contributed by atoms with Gasteiger partial charge in [0, 0.05) is 11.8 Å². The molecule has 2 aromatic rings. The van der Waals surface area contributed by atoms with Crippen LogP contribution in [-0.2, 0) is 0 Å². The molecule has 0 spiro atoms. The summed E-state index contributed by atoms with van der Waals surface area (Å²) in [6, 6.07) is 6.67. The summed E-state index contributed by atoms with van der Waals surface area (Å²) in [6.07, 6.45) is 3.20. The van der Waals surface area contributed by atoms with Crippen LogP contribution < -0.4 is 0 Å². The molecular weight excluding hydrogens is 203 g/mol. The predicted octanol–water partition coefficient (Wildman–Crippen LogP) is 3.41. The Morgan fingerprint density at radius 2 is 1.94 bits per heavy atom. The lowest BCUT2D eigenvalue weighted by Crippen LogP contribution is -1.98. The smallest absolute Gasteiger partial charge is 0.132 e. The summed E-state index contributed by atoms with van der Waals surface area (Å²) in [6.45, 7) is 4.09. The zero-order chi connectivity index (χ0) is 11.5. The molecule has 0 fully saturated rings. The van der Waals surface area contributed by atoms with Gasteiger partial charge in [-0.2, -0.15) is 0 Å². The van der Waals surface area contributed by atoms with Crippen molar-refractivity contribution in [1.82, 2.24) is 9.97 Å². The Hall–Kier alpha value is -1.77. The van der Waals surface area contributed by atoms with E-state index in [1.54, 1.807) is 18.3 Å². The number of halogens is 1. The summed E-state index contributed by atoms with van der Waals surface area (Å²) in [4.78, 5) is 8.17. The molecule has 0 bridgehead atoms. The molecule has 2 nitrogen and oxygen atoms in total. The molecule has 0 aliphatic carbocycles. The van der Waals surface area contributed by atoms with Crippen molar-refractivity contribution in [2.45, 2.75) is 19.8 Å². The van der Waals surface area contributed by atoms with Gasteiger partial charge in [0.05, 0.1) is 5.69 Å². The van der Waals surface area contributed by atoms with Gasteiger partial charge in [-0.3, -0.25) is 0 Å². The number of aromatic nitrogens is 2. The van der Waals surface area contributed by atoms with E-state index in [9.17, 15) is 4.39 Å². The second kappa shape index (κ2) is 4.39. The van der Waals surface area contributed by atoms with Crippen LogP contribution in [0.2, 0.25) is 0 Å². The average Bonchev–Trinajstić information content (AvgIpc) is 2.29. The van der Waals surface area contributed by atoms with Crippen LogP contribution >= 0.6 is 0 Å². The number of benzene rings is 1. The number of rotatable bonds is 2. The van der Waals surface area contributed by atoms with Gasteiger partial charge in [0.25, 0.3) is 0 Å². The Morgan fingerprint density at radius 3 is 2.62 bits per heavy atom. The summed E-state index contributed by atoms with van der Waals surface area (Å²) >= 11 is 0. The fourth-order valence-electron chi connectivity index (χ4n) is 1.64. The van der Waals surface area contributed by atoms with Crippen LogP contribution in [-0.4, -0.2) is 9.97 Å².